The molecular weight excluding hydrogens is 368 g/mol. The summed E-state index contributed by atoms with van der Waals surface area (Å²) in [7, 11) is 0. The first-order valence-corrected chi connectivity index (χ1v) is 9.60. The van der Waals surface area contributed by atoms with Gasteiger partial charge in [-0.3, -0.25) is 0 Å². The van der Waals surface area contributed by atoms with Crippen LogP contribution in [-0.4, -0.2) is 9.97 Å². The molecule has 0 radical (unpaired) electrons. The Labute approximate surface area is 169 Å². The lowest BCUT2D eigenvalue weighted by Crippen LogP contribution is -2.10. The summed E-state index contributed by atoms with van der Waals surface area (Å²) in [5.41, 5.74) is 3.94. The van der Waals surface area contributed by atoms with Crippen molar-refractivity contribution >= 4 is 40.0 Å². The number of aromatic nitrogens is 2. The summed E-state index contributed by atoms with van der Waals surface area (Å²) < 4.78 is 0. The van der Waals surface area contributed by atoms with Crippen molar-refractivity contribution in [2.75, 3.05) is 10.6 Å². The van der Waals surface area contributed by atoms with Gasteiger partial charge >= 0.3 is 0 Å². The monoisotopic (exact) mass is 388 g/mol. The SMILES string of the molecule is Cc1c(Cl)cccc1Nc1nc(NC(C)c2ccccc2)c2ccccc2n1. The van der Waals surface area contributed by atoms with E-state index in [2.05, 4.69) is 34.7 Å². The zero-order valence-electron chi connectivity index (χ0n) is 15.8. The van der Waals surface area contributed by atoms with Gasteiger partial charge in [0.25, 0.3) is 0 Å². The number of hydrogen-bond acceptors (Lipinski definition) is 4. The van der Waals surface area contributed by atoms with Crippen molar-refractivity contribution in [1.82, 2.24) is 9.97 Å². The average Bonchev–Trinajstić information content (AvgIpc) is 2.72. The second-order valence-electron chi connectivity index (χ2n) is 6.73. The van der Waals surface area contributed by atoms with E-state index in [0.717, 1.165) is 28.0 Å². The molecule has 140 valence electrons. The van der Waals surface area contributed by atoms with Gasteiger partial charge in [0, 0.05) is 22.1 Å². The summed E-state index contributed by atoms with van der Waals surface area (Å²) >= 11 is 6.25. The average molecular weight is 389 g/mol. The molecule has 3 aromatic carbocycles. The number of para-hydroxylation sites is 1. The van der Waals surface area contributed by atoms with Crippen molar-refractivity contribution in [2.45, 2.75) is 19.9 Å². The number of benzene rings is 3. The molecule has 0 amide bonds. The Bertz CT molecular complexity index is 1110. The van der Waals surface area contributed by atoms with Crippen LogP contribution in [0.25, 0.3) is 10.9 Å². The van der Waals surface area contributed by atoms with Gasteiger partial charge in [0.15, 0.2) is 0 Å². The fourth-order valence-corrected chi connectivity index (χ4v) is 3.31. The van der Waals surface area contributed by atoms with E-state index in [1.54, 1.807) is 0 Å². The van der Waals surface area contributed by atoms with Gasteiger partial charge in [-0.05, 0) is 49.2 Å². The molecule has 0 aliphatic rings. The Morgan fingerprint density at radius 1 is 0.857 bits per heavy atom. The number of anilines is 3. The molecule has 4 nitrogen and oxygen atoms in total. The standard InChI is InChI=1S/C23H21ClN4/c1-15-19(24)12-8-14-20(15)26-23-27-21-13-7-6-11-18(21)22(28-23)25-16(2)17-9-4-3-5-10-17/h3-14,16H,1-2H3,(H2,25,26,27,28). The summed E-state index contributed by atoms with van der Waals surface area (Å²) in [6, 6.07) is 24.2. The molecular formula is C23H21ClN4. The van der Waals surface area contributed by atoms with Gasteiger partial charge < -0.3 is 10.6 Å². The molecule has 2 N–H and O–H groups in total. The molecule has 0 aliphatic carbocycles. The first-order chi connectivity index (χ1) is 13.6. The smallest absolute Gasteiger partial charge is 0.229 e. The normalized spacial score (nSPS) is 12.0. The zero-order chi connectivity index (χ0) is 19.5. The minimum Gasteiger partial charge on any atom is -0.363 e. The maximum atomic E-state index is 6.25. The van der Waals surface area contributed by atoms with Crippen LogP contribution in [0, 0.1) is 6.92 Å². The third kappa shape index (κ3) is 3.78. The van der Waals surface area contributed by atoms with Crippen molar-refractivity contribution in [3.05, 3.63) is 88.9 Å². The summed E-state index contributed by atoms with van der Waals surface area (Å²) in [6.07, 6.45) is 0. The molecule has 0 saturated heterocycles. The van der Waals surface area contributed by atoms with Crippen LogP contribution in [0.1, 0.15) is 24.1 Å². The van der Waals surface area contributed by atoms with E-state index in [-0.39, 0.29) is 6.04 Å². The lowest BCUT2D eigenvalue weighted by atomic mass is 10.1. The van der Waals surface area contributed by atoms with E-state index in [1.807, 2.05) is 67.6 Å². The lowest BCUT2D eigenvalue weighted by Gasteiger charge is -2.18. The molecule has 28 heavy (non-hydrogen) atoms. The van der Waals surface area contributed by atoms with Crippen LogP contribution in [0.15, 0.2) is 72.8 Å². The van der Waals surface area contributed by atoms with Crippen LogP contribution < -0.4 is 10.6 Å². The molecule has 0 saturated carbocycles. The third-order valence-electron chi connectivity index (χ3n) is 4.77. The van der Waals surface area contributed by atoms with Gasteiger partial charge in [0.05, 0.1) is 5.52 Å². The molecule has 0 bridgehead atoms. The highest BCUT2D eigenvalue weighted by Gasteiger charge is 2.12. The van der Waals surface area contributed by atoms with Crippen LogP contribution >= 0.6 is 11.6 Å². The van der Waals surface area contributed by atoms with Gasteiger partial charge in [0.1, 0.15) is 5.82 Å². The van der Waals surface area contributed by atoms with Crippen LogP contribution in [0.4, 0.5) is 17.5 Å². The topological polar surface area (TPSA) is 49.8 Å². The Hall–Kier alpha value is -3.11. The van der Waals surface area contributed by atoms with Gasteiger partial charge in [-0.1, -0.05) is 60.1 Å². The molecule has 0 fully saturated rings. The van der Waals surface area contributed by atoms with E-state index >= 15 is 0 Å². The van der Waals surface area contributed by atoms with Crippen molar-refractivity contribution in [2.24, 2.45) is 0 Å². The zero-order valence-corrected chi connectivity index (χ0v) is 16.5. The number of nitrogens with one attached hydrogen (secondary N) is 2. The van der Waals surface area contributed by atoms with Crippen LogP contribution in [0.2, 0.25) is 5.02 Å². The predicted octanol–water partition coefficient (Wildman–Crippen LogP) is 6.51. The quantitative estimate of drug-likeness (QED) is 0.409. The predicted molar refractivity (Wildman–Crippen MR) is 117 cm³/mol. The molecule has 1 atom stereocenters. The van der Waals surface area contributed by atoms with E-state index in [0.29, 0.717) is 11.0 Å². The van der Waals surface area contributed by atoms with Gasteiger partial charge in [-0.15, -0.1) is 0 Å². The third-order valence-corrected chi connectivity index (χ3v) is 5.18. The minimum absolute atomic E-state index is 0.111. The molecule has 5 heteroatoms. The highest BCUT2D eigenvalue weighted by atomic mass is 35.5. The van der Waals surface area contributed by atoms with Gasteiger partial charge in [0.2, 0.25) is 5.95 Å². The minimum atomic E-state index is 0.111. The van der Waals surface area contributed by atoms with Gasteiger partial charge in [-0.2, -0.15) is 4.98 Å². The number of hydrogen-bond donors (Lipinski definition) is 2. The molecule has 4 rings (SSSR count). The van der Waals surface area contributed by atoms with Crippen LogP contribution in [0.3, 0.4) is 0 Å². The maximum Gasteiger partial charge on any atom is 0.229 e. The first-order valence-electron chi connectivity index (χ1n) is 9.22. The number of halogens is 1. The van der Waals surface area contributed by atoms with Crippen molar-refractivity contribution in [1.29, 1.82) is 0 Å². The number of nitrogens with zero attached hydrogens (tertiary/aromatic N) is 2. The Balaban J connectivity index is 1.72. The molecule has 1 heterocycles. The summed E-state index contributed by atoms with van der Waals surface area (Å²) in [5, 5.41) is 8.54. The Morgan fingerprint density at radius 3 is 2.43 bits per heavy atom. The maximum absolute atomic E-state index is 6.25. The number of rotatable bonds is 5. The highest BCUT2D eigenvalue weighted by molar-refractivity contribution is 6.31. The molecule has 4 aromatic rings. The highest BCUT2D eigenvalue weighted by Crippen LogP contribution is 2.29. The lowest BCUT2D eigenvalue weighted by molar-refractivity contribution is 0.876. The fraction of sp³-hybridized carbons (Fsp3) is 0.130. The second-order valence-corrected chi connectivity index (χ2v) is 7.13. The van der Waals surface area contributed by atoms with Crippen LogP contribution in [0.5, 0.6) is 0 Å². The van der Waals surface area contributed by atoms with E-state index in [1.165, 1.54) is 5.56 Å². The Morgan fingerprint density at radius 2 is 1.61 bits per heavy atom. The Kier molecular flexibility index (Phi) is 5.13. The second kappa shape index (κ2) is 7.87. The summed E-state index contributed by atoms with van der Waals surface area (Å²) in [6.45, 7) is 4.10. The number of fused-ring (bicyclic) bond motifs is 1. The van der Waals surface area contributed by atoms with Crippen molar-refractivity contribution < 1.29 is 0 Å². The van der Waals surface area contributed by atoms with E-state index in [4.69, 9.17) is 16.6 Å². The van der Waals surface area contributed by atoms with Crippen molar-refractivity contribution in [3.63, 3.8) is 0 Å². The molecule has 0 spiro atoms. The fourth-order valence-electron chi connectivity index (χ4n) is 3.14. The van der Waals surface area contributed by atoms with Crippen LogP contribution in [-0.2, 0) is 0 Å². The molecule has 1 aromatic heterocycles. The molecule has 0 aliphatic heterocycles. The summed E-state index contributed by atoms with van der Waals surface area (Å²) in [4.78, 5) is 9.43. The van der Waals surface area contributed by atoms with E-state index < -0.39 is 0 Å². The largest absolute Gasteiger partial charge is 0.363 e. The molecule has 1 unspecified atom stereocenters. The van der Waals surface area contributed by atoms with E-state index in [9.17, 15) is 0 Å². The van der Waals surface area contributed by atoms with Crippen molar-refractivity contribution in [3.8, 4) is 0 Å². The van der Waals surface area contributed by atoms with Gasteiger partial charge in [-0.25, -0.2) is 4.98 Å². The first kappa shape index (κ1) is 18.3. The summed E-state index contributed by atoms with van der Waals surface area (Å²) in [5.74, 6) is 1.33.